The third kappa shape index (κ3) is 2.40. The van der Waals surface area contributed by atoms with Crippen molar-refractivity contribution in [2.24, 2.45) is 0 Å². The highest BCUT2D eigenvalue weighted by atomic mass is 16.1. The number of nitrogens with zero attached hydrogens (tertiary/aromatic N) is 4. The number of carbonyl (C=O) groups is 1. The van der Waals surface area contributed by atoms with E-state index in [-0.39, 0.29) is 12.2 Å². The highest BCUT2D eigenvalue weighted by Crippen LogP contribution is 2.27. The number of anilines is 1. The minimum absolute atomic E-state index is 0.0229. The summed E-state index contributed by atoms with van der Waals surface area (Å²) in [6, 6.07) is 7.48. The monoisotopic (exact) mass is 303 g/mol. The minimum Gasteiger partial charge on any atom is -0.357 e. The van der Waals surface area contributed by atoms with E-state index in [2.05, 4.69) is 27.0 Å². The number of fused-ring (bicyclic) bond motifs is 1. The van der Waals surface area contributed by atoms with Crippen molar-refractivity contribution in [3.05, 3.63) is 67.0 Å². The molecule has 3 aromatic heterocycles. The van der Waals surface area contributed by atoms with Crippen LogP contribution in [-0.2, 0) is 0 Å². The fourth-order valence-corrected chi connectivity index (χ4v) is 2.53. The van der Waals surface area contributed by atoms with Crippen molar-refractivity contribution >= 4 is 11.5 Å². The largest absolute Gasteiger partial charge is 0.357 e. The van der Waals surface area contributed by atoms with Crippen LogP contribution in [0.3, 0.4) is 0 Å². The summed E-state index contributed by atoms with van der Waals surface area (Å²) in [6.07, 6.45) is 7.31. The fourth-order valence-electron chi connectivity index (χ4n) is 2.53. The molecule has 0 aromatic carbocycles. The molecule has 4 rings (SSSR count). The molecule has 0 bridgehead atoms. The molecule has 1 aliphatic heterocycles. The average molecular weight is 303 g/mol. The van der Waals surface area contributed by atoms with Gasteiger partial charge in [0.1, 0.15) is 5.69 Å². The molecule has 6 nitrogen and oxygen atoms in total. The van der Waals surface area contributed by atoms with Gasteiger partial charge >= 0.3 is 0 Å². The van der Waals surface area contributed by atoms with Crippen molar-refractivity contribution in [2.45, 2.75) is 6.42 Å². The van der Waals surface area contributed by atoms with Crippen LogP contribution in [0.5, 0.6) is 0 Å². The number of hydrogen-bond donors (Lipinski definition) is 1. The van der Waals surface area contributed by atoms with Gasteiger partial charge in [0.2, 0.25) is 0 Å². The second-order valence-electron chi connectivity index (χ2n) is 5.31. The minimum atomic E-state index is -0.0229. The third-order valence-electron chi connectivity index (χ3n) is 3.63. The smallest absolute Gasteiger partial charge is 0.189 e. The molecule has 6 heteroatoms. The Labute approximate surface area is 132 Å². The Hall–Kier alpha value is -3.28. The summed E-state index contributed by atoms with van der Waals surface area (Å²) in [5.41, 5.74) is 4.27. The lowest BCUT2D eigenvalue weighted by molar-refractivity contribution is 0.0987. The van der Waals surface area contributed by atoms with E-state index in [1.165, 1.54) is 0 Å². The molecule has 0 saturated carbocycles. The molecule has 0 aliphatic carbocycles. The topological polar surface area (TPSA) is 72.7 Å². The first kappa shape index (κ1) is 13.4. The molecule has 1 aliphatic rings. The highest BCUT2D eigenvalue weighted by Gasteiger charge is 2.21. The second kappa shape index (κ2) is 5.17. The summed E-state index contributed by atoms with van der Waals surface area (Å²) < 4.78 is 1.73. The van der Waals surface area contributed by atoms with Gasteiger partial charge in [-0.1, -0.05) is 6.58 Å². The molecule has 0 saturated heterocycles. The van der Waals surface area contributed by atoms with Crippen LogP contribution in [0, 0.1) is 0 Å². The first-order chi connectivity index (χ1) is 11.2. The van der Waals surface area contributed by atoms with E-state index < -0.39 is 0 Å². The molecule has 1 N–H and O–H groups in total. The number of Topliss-reactive ketones (excluding diaryl/α,β-unsaturated/α-hetero) is 1. The van der Waals surface area contributed by atoms with Crippen molar-refractivity contribution in [1.82, 2.24) is 19.7 Å². The number of ketones is 1. The van der Waals surface area contributed by atoms with E-state index in [0.717, 1.165) is 11.3 Å². The zero-order chi connectivity index (χ0) is 15.8. The molecule has 112 valence electrons. The number of rotatable bonds is 2. The number of pyridine rings is 2. The Balaban J connectivity index is 1.72. The van der Waals surface area contributed by atoms with Crippen LogP contribution in [0.25, 0.3) is 16.9 Å². The maximum Gasteiger partial charge on any atom is 0.189 e. The Kier molecular flexibility index (Phi) is 3.01. The van der Waals surface area contributed by atoms with E-state index >= 15 is 0 Å². The van der Waals surface area contributed by atoms with Gasteiger partial charge in [0.15, 0.2) is 5.78 Å². The lowest BCUT2D eigenvalue weighted by Gasteiger charge is -2.18. The quantitative estimate of drug-likeness (QED) is 0.788. The molecule has 0 spiro atoms. The van der Waals surface area contributed by atoms with Crippen molar-refractivity contribution in [3.8, 4) is 16.9 Å². The molecular weight excluding hydrogens is 290 g/mol. The molecule has 0 fully saturated rings. The van der Waals surface area contributed by atoms with E-state index in [1.807, 2.05) is 30.5 Å². The standard InChI is InChI=1S/C17H13N5O/c1-11-7-16(23)17-15(20-11)5-4-14(21-17)12-8-19-22(10-12)13-3-2-6-18-9-13/h2-6,8-10,20H,1,7H2. The Morgan fingerprint density at radius 1 is 1.22 bits per heavy atom. The maximum absolute atomic E-state index is 12.1. The van der Waals surface area contributed by atoms with Crippen LogP contribution in [0.4, 0.5) is 5.69 Å². The lowest BCUT2D eigenvalue weighted by Crippen LogP contribution is -2.17. The number of nitrogens with one attached hydrogen (secondary N) is 1. The summed E-state index contributed by atoms with van der Waals surface area (Å²) >= 11 is 0. The van der Waals surface area contributed by atoms with Gasteiger partial charge < -0.3 is 5.32 Å². The van der Waals surface area contributed by atoms with E-state index in [0.29, 0.717) is 22.8 Å². The number of hydrogen-bond acceptors (Lipinski definition) is 5. The average Bonchev–Trinajstić information content (AvgIpc) is 3.05. The highest BCUT2D eigenvalue weighted by molar-refractivity contribution is 6.03. The molecule has 4 heterocycles. The van der Waals surface area contributed by atoms with Gasteiger partial charge in [-0.2, -0.15) is 5.10 Å². The van der Waals surface area contributed by atoms with E-state index in [4.69, 9.17) is 0 Å². The van der Waals surface area contributed by atoms with Crippen LogP contribution in [0.1, 0.15) is 16.9 Å². The molecular formula is C17H13N5O. The van der Waals surface area contributed by atoms with Crippen molar-refractivity contribution in [2.75, 3.05) is 5.32 Å². The summed E-state index contributed by atoms with van der Waals surface area (Å²) in [5.74, 6) is -0.0229. The van der Waals surface area contributed by atoms with Gasteiger partial charge in [0.05, 0.1) is 35.9 Å². The summed E-state index contributed by atoms with van der Waals surface area (Å²) in [5, 5.41) is 7.42. The molecule has 0 radical (unpaired) electrons. The predicted molar refractivity (Wildman–Crippen MR) is 86.3 cm³/mol. The third-order valence-corrected chi connectivity index (χ3v) is 3.63. The Morgan fingerprint density at radius 2 is 2.13 bits per heavy atom. The van der Waals surface area contributed by atoms with Gasteiger partial charge in [-0.3, -0.25) is 9.78 Å². The number of allylic oxidation sites excluding steroid dienone is 1. The van der Waals surface area contributed by atoms with E-state index in [1.54, 1.807) is 23.3 Å². The van der Waals surface area contributed by atoms with Crippen LogP contribution in [0.15, 0.2) is 61.3 Å². The Bertz CT molecular complexity index is 914. The maximum atomic E-state index is 12.1. The van der Waals surface area contributed by atoms with Gasteiger partial charge in [-0.25, -0.2) is 9.67 Å². The van der Waals surface area contributed by atoms with Crippen LogP contribution in [0.2, 0.25) is 0 Å². The number of aromatic nitrogens is 4. The SMILES string of the molecule is C=C1CC(=O)c2nc(-c3cnn(-c4cccnc4)c3)ccc2N1. The van der Waals surface area contributed by atoms with Crippen molar-refractivity contribution in [1.29, 1.82) is 0 Å². The zero-order valence-electron chi connectivity index (χ0n) is 12.2. The van der Waals surface area contributed by atoms with Gasteiger partial charge in [-0.15, -0.1) is 0 Å². The fraction of sp³-hybridized carbons (Fsp3) is 0.0588. The molecule has 23 heavy (non-hydrogen) atoms. The first-order valence-electron chi connectivity index (χ1n) is 7.15. The van der Waals surface area contributed by atoms with Crippen LogP contribution >= 0.6 is 0 Å². The second-order valence-corrected chi connectivity index (χ2v) is 5.31. The first-order valence-corrected chi connectivity index (χ1v) is 7.15. The molecule has 3 aromatic rings. The Morgan fingerprint density at radius 3 is 2.96 bits per heavy atom. The van der Waals surface area contributed by atoms with Gasteiger partial charge in [0.25, 0.3) is 0 Å². The summed E-state index contributed by atoms with van der Waals surface area (Å²) in [4.78, 5) is 20.7. The van der Waals surface area contributed by atoms with Crippen molar-refractivity contribution in [3.63, 3.8) is 0 Å². The van der Waals surface area contributed by atoms with Crippen LogP contribution in [-0.4, -0.2) is 25.5 Å². The van der Waals surface area contributed by atoms with E-state index in [9.17, 15) is 4.79 Å². The molecule has 0 unspecified atom stereocenters. The molecule has 0 amide bonds. The zero-order valence-corrected chi connectivity index (χ0v) is 12.2. The normalized spacial score (nSPS) is 13.6. The van der Waals surface area contributed by atoms with Crippen molar-refractivity contribution < 1.29 is 4.79 Å². The lowest BCUT2D eigenvalue weighted by atomic mass is 10.0. The van der Waals surface area contributed by atoms with Crippen LogP contribution < -0.4 is 5.32 Å². The van der Waals surface area contributed by atoms with Gasteiger partial charge in [-0.05, 0) is 24.3 Å². The van der Waals surface area contributed by atoms with Gasteiger partial charge in [0, 0.05) is 23.7 Å². The summed E-state index contributed by atoms with van der Waals surface area (Å²) in [6.45, 7) is 3.80. The predicted octanol–water partition coefficient (Wildman–Crippen LogP) is 2.84. The molecule has 0 atom stereocenters. The summed E-state index contributed by atoms with van der Waals surface area (Å²) in [7, 11) is 0. The number of carbonyl (C=O) groups excluding carboxylic acids is 1.